The summed E-state index contributed by atoms with van der Waals surface area (Å²) >= 11 is 0. The summed E-state index contributed by atoms with van der Waals surface area (Å²) in [5.74, 6) is -0.687. The number of aliphatic hydroxyl groups excluding tert-OH is 1. The van der Waals surface area contributed by atoms with Gasteiger partial charge in [-0.1, -0.05) is 27.7 Å². The van der Waals surface area contributed by atoms with Gasteiger partial charge >= 0.3 is 5.97 Å². The van der Waals surface area contributed by atoms with E-state index in [0.717, 1.165) is 6.42 Å². The number of aliphatic carboxylic acids is 1. The minimum absolute atomic E-state index is 0.0586. The third kappa shape index (κ3) is 19.1. The van der Waals surface area contributed by atoms with Crippen molar-refractivity contribution in [3.05, 3.63) is 0 Å². The monoisotopic (exact) mass is 559 g/mol. The first kappa shape index (κ1) is 39.4. The molecule has 0 unspecified atom stereocenters. The smallest absolute Gasteiger partial charge is 0.309 e. The van der Waals surface area contributed by atoms with Crippen LogP contribution < -0.4 is 16.0 Å². The highest BCUT2D eigenvalue weighted by molar-refractivity contribution is 5.84. The first-order valence-corrected chi connectivity index (χ1v) is 14.2. The van der Waals surface area contributed by atoms with E-state index < -0.39 is 27.9 Å². The van der Waals surface area contributed by atoms with Crippen LogP contribution in [-0.4, -0.2) is 71.5 Å². The molecule has 0 rings (SSSR count). The summed E-state index contributed by atoms with van der Waals surface area (Å²) in [6.07, 6.45) is 2.88. The molecule has 39 heavy (non-hydrogen) atoms. The molecule has 0 aromatic carbocycles. The molecule has 0 spiro atoms. The van der Waals surface area contributed by atoms with Crippen LogP contribution in [0.5, 0.6) is 0 Å². The number of amides is 2. The topological polar surface area (TPSA) is 137 Å². The van der Waals surface area contributed by atoms with E-state index in [1.165, 1.54) is 0 Å². The predicted molar refractivity (Wildman–Crippen MR) is 159 cm³/mol. The van der Waals surface area contributed by atoms with Gasteiger partial charge in [0.25, 0.3) is 0 Å². The van der Waals surface area contributed by atoms with E-state index in [1.807, 2.05) is 48.6 Å². The van der Waals surface area contributed by atoms with Gasteiger partial charge in [0.05, 0.1) is 11.0 Å². The van der Waals surface area contributed by atoms with Crippen LogP contribution in [0.15, 0.2) is 0 Å². The molecule has 232 valence electrons. The fourth-order valence-corrected chi connectivity index (χ4v) is 3.80. The summed E-state index contributed by atoms with van der Waals surface area (Å²) < 4.78 is 6.03. The quantitative estimate of drug-likeness (QED) is 0.177. The van der Waals surface area contributed by atoms with Crippen molar-refractivity contribution in [3.8, 4) is 0 Å². The number of carbonyl (C=O) groups is 3. The van der Waals surface area contributed by atoms with Gasteiger partial charge in [-0.15, -0.1) is 0 Å². The Labute approximate surface area is 238 Å². The molecule has 5 N–H and O–H groups in total. The minimum atomic E-state index is -0.983. The number of hydrogen-bond donors (Lipinski definition) is 5. The second-order valence-electron chi connectivity index (χ2n) is 14.3. The second-order valence-corrected chi connectivity index (χ2v) is 14.3. The Morgan fingerprint density at radius 3 is 1.77 bits per heavy atom. The average Bonchev–Trinajstić information content (AvgIpc) is 2.72. The van der Waals surface area contributed by atoms with Crippen molar-refractivity contribution >= 4 is 17.8 Å². The van der Waals surface area contributed by atoms with Gasteiger partial charge in [0.1, 0.15) is 0 Å². The first-order valence-electron chi connectivity index (χ1n) is 14.2. The van der Waals surface area contributed by atoms with Crippen LogP contribution in [0.25, 0.3) is 0 Å². The number of rotatable bonds is 17. The first-order chi connectivity index (χ1) is 17.4. The Kier molecular flexibility index (Phi) is 16.7. The molecule has 0 aromatic rings. The maximum atomic E-state index is 12.8. The Morgan fingerprint density at radius 2 is 1.36 bits per heavy atom. The van der Waals surface area contributed by atoms with Gasteiger partial charge in [0, 0.05) is 42.7 Å². The zero-order chi connectivity index (χ0) is 31.3. The van der Waals surface area contributed by atoms with Crippen LogP contribution >= 0.6 is 0 Å². The SMILES string of the molecule is CC(C)CC(=O)NCCC(C)(C)OCCC(C)(C)NC(=O)C(C)(C)CC(C)(C)C(=O)O.CNC(C)(C)CCO. The van der Waals surface area contributed by atoms with Gasteiger partial charge < -0.3 is 30.9 Å². The molecule has 0 bridgehead atoms. The van der Waals surface area contributed by atoms with Crippen molar-refractivity contribution in [1.29, 1.82) is 0 Å². The van der Waals surface area contributed by atoms with E-state index in [0.29, 0.717) is 38.3 Å². The molecule has 0 saturated carbocycles. The van der Waals surface area contributed by atoms with Crippen LogP contribution in [0, 0.1) is 16.7 Å². The molecule has 9 nitrogen and oxygen atoms in total. The molecule has 0 fully saturated rings. The molecule has 0 aliphatic heterocycles. The van der Waals surface area contributed by atoms with E-state index in [2.05, 4.69) is 29.8 Å². The predicted octanol–water partition coefficient (Wildman–Crippen LogP) is 4.51. The lowest BCUT2D eigenvalue weighted by molar-refractivity contribution is -0.150. The highest BCUT2D eigenvalue weighted by Gasteiger charge is 2.40. The molecular weight excluding hydrogens is 498 g/mol. The molecule has 0 aliphatic rings. The lowest BCUT2D eigenvalue weighted by Gasteiger charge is -2.36. The van der Waals surface area contributed by atoms with Crippen molar-refractivity contribution in [2.75, 3.05) is 26.8 Å². The highest BCUT2D eigenvalue weighted by Crippen LogP contribution is 2.34. The molecule has 0 aliphatic carbocycles. The zero-order valence-corrected chi connectivity index (χ0v) is 27.3. The molecular formula is C30H61N3O6. The van der Waals surface area contributed by atoms with Gasteiger partial charge in [0.2, 0.25) is 11.8 Å². The van der Waals surface area contributed by atoms with Crippen molar-refractivity contribution in [2.45, 2.75) is 132 Å². The van der Waals surface area contributed by atoms with E-state index >= 15 is 0 Å². The van der Waals surface area contributed by atoms with Crippen LogP contribution in [0.2, 0.25) is 0 Å². The molecule has 2 amide bonds. The van der Waals surface area contributed by atoms with Crippen molar-refractivity contribution in [2.24, 2.45) is 16.7 Å². The number of ether oxygens (including phenoxy) is 1. The summed E-state index contributed by atoms with van der Waals surface area (Å²) in [4.78, 5) is 36.0. The fourth-order valence-electron chi connectivity index (χ4n) is 3.80. The van der Waals surface area contributed by atoms with Crippen molar-refractivity contribution < 1.29 is 29.3 Å². The van der Waals surface area contributed by atoms with Crippen LogP contribution in [0.4, 0.5) is 0 Å². The van der Waals surface area contributed by atoms with E-state index in [9.17, 15) is 19.5 Å². The lowest BCUT2D eigenvalue weighted by Crippen LogP contribution is -2.51. The summed E-state index contributed by atoms with van der Waals surface area (Å²) in [6.45, 7) is 24.1. The molecule has 0 radical (unpaired) electrons. The Morgan fingerprint density at radius 1 is 0.821 bits per heavy atom. The van der Waals surface area contributed by atoms with E-state index in [4.69, 9.17) is 9.84 Å². The minimum Gasteiger partial charge on any atom is -0.481 e. The van der Waals surface area contributed by atoms with E-state index in [-0.39, 0.29) is 30.4 Å². The number of aliphatic hydroxyl groups is 1. The molecule has 0 saturated heterocycles. The lowest BCUT2D eigenvalue weighted by atomic mass is 9.74. The van der Waals surface area contributed by atoms with Crippen LogP contribution in [-0.2, 0) is 19.1 Å². The number of carboxylic acids is 1. The molecule has 0 aromatic heterocycles. The standard InChI is InChI=1S/C24H46N2O5.C6H15NO/c1-17(2)15-18(27)25-13-11-24(9,10)31-14-12-23(7,8)26-19(28)21(3,4)16-22(5,6)20(29)30;1-6(2,7-3)4-5-8/h17H,11-16H2,1-10H3,(H,25,27)(H,26,28)(H,29,30);7-8H,4-5H2,1-3H3. The summed E-state index contributed by atoms with van der Waals surface area (Å²) in [6, 6.07) is 0. The third-order valence-corrected chi connectivity index (χ3v) is 6.81. The third-order valence-electron chi connectivity index (χ3n) is 6.81. The zero-order valence-electron chi connectivity index (χ0n) is 27.3. The van der Waals surface area contributed by atoms with Crippen molar-refractivity contribution in [1.82, 2.24) is 16.0 Å². The van der Waals surface area contributed by atoms with E-state index in [1.54, 1.807) is 27.7 Å². The van der Waals surface area contributed by atoms with Gasteiger partial charge in [-0.2, -0.15) is 0 Å². The van der Waals surface area contributed by atoms with Crippen LogP contribution in [0.3, 0.4) is 0 Å². The molecule has 9 heteroatoms. The average molecular weight is 560 g/mol. The maximum Gasteiger partial charge on any atom is 0.309 e. The Balaban J connectivity index is 0. The summed E-state index contributed by atoms with van der Waals surface area (Å²) in [5, 5.41) is 26.9. The maximum absolute atomic E-state index is 12.8. The van der Waals surface area contributed by atoms with Crippen molar-refractivity contribution in [3.63, 3.8) is 0 Å². The number of nitrogens with one attached hydrogen (secondary N) is 3. The van der Waals surface area contributed by atoms with Gasteiger partial charge in [-0.25, -0.2) is 0 Å². The Bertz CT molecular complexity index is 758. The second kappa shape index (κ2) is 16.5. The molecule has 0 atom stereocenters. The Hall–Kier alpha value is -1.71. The largest absolute Gasteiger partial charge is 0.481 e. The molecule has 0 heterocycles. The normalized spacial score (nSPS) is 13.0. The van der Waals surface area contributed by atoms with Crippen LogP contribution in [0.1, 0.15) is 115 Å². The highest BCUT2D eigenvalue weighted by atomic mass is 16.5. The summed E-state index contributed by atoms with van der Waals surface area (Å²) in [5.41, 5.74) is -2.59. The number of hydrogen-bond acceptors (Lipinski definition) is 6. The number of carboxylic acid groups (broad SMARTS) is 1. The fraction of sp³-hybridized carbons (Fsp3) is 0.900. The number of carbonyl (C=O) groups excluding carboxylic acids is 2. The van der Waals surface area contributed by atoms with Gasteiger partial charge in [-0.05, 0) is 94.0 Å². The summed E-state index contributed by atoms with van der Waals surface area (Å²) in [7, 11) is 1.90. The van der Waals surface area contributed by atoms with Gasteiger partial charge in [0.15, 0.2) is 0 Å². The van der Waals surface area contributed by atoms with Gasteiger partial charge in [-0.3, -0.25) is 14.4 Å².